The van der Waals surface area contributed by atoms with E-state index in [0.717, 1.165) is 25.0 Å². The van der Waals surface area contributed by atoms with Crippen molar-refractivity contribution in [1.82, 2.24) is 4.90 Å². The number of rotatable bonds is 3. The Hall–Kier alpha value is -1.27. The van der Waals surface area contributed by atoms with E-state index in [-0.39, 0.29) is 30.3 Å². The fourth-order valence-corrected chi connectivity index (χ4v) is 3.67. The maximum absolute atomic E-state index is 13.0. The number of hydrogen-bond acceptors (Lipinski definition) is 2. The Morgan fingerprint density at radius 1 is 1.36 bits per heavy atom. The molecular formula is C18H24ClF3N2O. The van der Waals surface area contributed by atoms with Gasteiger partial charge in [0.25, 0.3) is 0 Å². The summed E-state index contributed by atoms with van der Waals surface area (Å²) in [4.78, 5) is 14.8. The zero-order valence-corrected chi connectivity index (χ0v) is 15.0. The minimum Gasteiger partial charge on any atom is -0.342 e. The number of carbonyl (C=O) groups is 1. The topological polar surface area (TPSA) is 46.3 Å². The molecule has 0 aromatic heterocycles. The van der Waals surface area contributed by atoms with Crippen LogP contribution in [0, 0.1) is 5.92 Å². The molecule has 0 spiro atoms. The summed E-state index contributed by atoms with van der Waals surface area (Å²) in [6.45, 7) is 3.22. The van der Waals surface area contributed by atoms with E-state index in [1.165, 1.54) is 6.07 Å². The standard InChI is InChI=1S/C18H23F3N2O.ClH/c1-12(22)13-4-3-9-23(11-13)16(24)17(7-8-17)14-5-2-6-15(10-14)18(19,20)21;/h2,5-6,10,12-13H,3-4,7-9,11,22H2,1H3;1H. The summed E-state index contributed by atoms with van der Waals surface area (Å²) in [5.74, 6) is 0.229. The Labute approximate surface area is 152 Å². The summed E-state index contributed by atoms with van der Waals surface area (Å²) in [5.41, 5.74) is 5.01. The zero-order valence-electron chi connectivity index (χ0n) is 14.2. The monoisotopic (exact) mass is 376 g/mol. The Bertz CT molecular complexity index is 629. The van der Waals surface area contributed by atoms with Crippen LogP contribution in [0.1, 0.15) is 43.7 Å². The highest BCUT2D eigenvalue weighted by atomic mass is 35.5. The molecule has 1 aromatic carbocycles. The van der Waals surface area contributed by atoms with Crippen molar-refractivity contribution in [3.8, 4) is 0 Å². The Morgan fingerprint density at radius 3 is 2.60 bits per heavy atom. The van der Waals surface area contributed by atoms with Crippen LogP contribution in [0.2, 0.25) is 0 Å². The van der Waals surface area contributed by atoms with E-state index in [1.54, 1.807) is 6.07 Å². The minimum absolute atomic E-state index is 0. The number of likely N-dealkylation sites (tertiary alicyclic amines) is 1. The summed E-state index contributed by atoms with van der Waals surface area (Å²) in [5, 5.41) is 0. The highest BCUT2D eigenvalue weighted by molar-refractivity contribution is 5.91. The van der Waals surface area contributed by atoms with Crippen LogP contribution in [0.25, 0.3) is 0 Å². The third-order valence-corrected chi connectivity index (χ3v) is 5.39. The number of nitrogens with zero attached hydrogens (tertiary/aromatic N) is 1. The van der Waals surface area contributed by atoms with Gasteiger partial charge in [-0.05, 0) is 50.2 Å². The first-order valence-corrected chi connectivity index (χ1v) is 8.47. The molecule has 1 aromatic rings. The van der Waals surface area contributed by atoms with E-state index in [4.69, 9.17) is 5.73 Å². The second-order valence-corrected chi connectivity index (χ2v) is 7.17. The molecule has 7 heteroatoms. The number of carbonyl (C=O) groups excluding carboxylic acids is 1. The predicted octanol–water partition coefficient (Wildman–Crippen LogP) is 3.74. The van der Waals surface area contributed by atoms with Gasteiger partial charge in [0.05, 0.1) is 11.0 Å². The molecule has 0 radical (unpaired) electrons. The van der Waals surface area contributed by atoms with E-state index in [1.807, 2.05) is 11.8 Å². The molecule has 2 aliphatic rings. The van der Waals surface area contributed by atoms with Gasteiger partial charge in [0.1, 0.15) is 0 Å². The van der Waals surface area contributed by atoms with Crippen LogP contribution in [0.3, 0.4) is 0 Å². The van der Waals surface area contributed by atoms with Crippen molar-refractivity contribution >= 4 is 18.3 Å². The average Bonchev–Trinajstić information content (AvgIpc) is 3.35. The van der Waals surface area contributed by atoms with Crippen LogP contribution in [-0.4, -0.2) is 29.9 Å². The summed E-state index contributed by atoms with van der Waals surface area (Å²) in [7, 11) is 0. The number of nitrogens with two attached hydrogens (primary N) is 1. The maximum atomic E-state index is 13.0. The van der Waals surface area contributed by atoms with Gasteiger partial charge >= 0.3 is 6.18 Å². The Balaban J connectivity index is 0.00000225. The highest BCUT2D eigenvalue weighted by Gasteiger charge is 2.53. The Morgan fingerprint density at radius 2 is 2.04 bits per heavy atom. The minimum atomic E-state index is -4.39. The van der Waals surface area contributed by atoms with E-state index < -0.39 is 17.2 Å². The first kappa shape index (κ1) is 20.0. The molecule has 1 saturated carbocycles. The molecule has 0 bridgehead atoms. The molecular weight excluding hydrogens is 353 g/mol. The zero-order chi connectivity index (χ0) is 17.5. The first-order chi connectivity index (χ1) is 11.2. The Kier molecular flexibility index (Phi) is 5.74. The summed E-state index contributed by atoms with van der Waals surface area (Å²) in [6, 6.07) is 5.25. The lowest BCUT2D eigenvalue weighted by Crippen LogP contribution is -2.48. The van der Waals surface area contributed by atoms with Gasteiger partial charge in [0.2, 0.25) is 5.91 Å². The maximum Gasteiger partial charge on any atom is 0.416 e. The number of halogens is 4. The highest BCUT2D eigenvalue weighted by Crippen LogP contribution is 2.50. The van der Waals surface area contributed by atoms with Crippen molar-refractivity contribution in [1.29, 1.82) is 0 Å². The SMILES string of the molecule is CC(N)C1CCCN(C(=O)C2(c3cccc(C(F)(F)F)c3)CC2)C1.Cl. The van der Waals surface area contributed by atoms with E-state index in [9.17, 15) is 18.0 Å². The van der Waals surface area contributed by atoms with E-state index >= 15 is 0 Å². The molecule has 1 aliphatic heterocycles. The van der Waals surface area contributed by atoms with Gasteiger partial charge in [0, 0.05) is 19.1 Å². The summed E-state index contributed by atoms with van der Waals surface area (Å²) >= 11 is 0. The lowest BCUT2D eigenvalue weighted by molar-refractivity contribution is -0.138. The van der Waals surface area contributed by atoms with Crippen LogP contribution in [0.5, 0.6) is 0 Å². The van der Waals surface area contributed by atoms with Gasteiger partial charge in [-0.3, -0.25) is 4.79 Å². The normalized spacial score (nSPS) is 23.6. The van der Waals surface area contributed by atoms with Crippen LogP contribution in [0.15, 0.2) is 24.3 Å². The fourth-order valence-electron chi connectivity index (χ4n) is 3.67. The first-order valence-electron chi connectivity index (χ1n) is 8.47. The number of piperidine rings is 1. The van der Waals surface area contributed by atoms with Crippen molar-refractivity contribution in [3.05, 3.63) is 35.4 Å². The molecule has 1 aliphatic carbocycles. The van der Waals surface area contributed by atoms with Crippen molar-refractivity contribution < 1.29 is 18.0 Å². The van der Waals surface area contributed by atoms with Gasteiger partial charge in [0.15, 0.2) is 0 Å². The molecule has 3 rings (SSSR count). The average molecular weight is 377 g/mol. The van der Waals surface area contributed by atoms with Crippen LogP contribution in [0.4, 0.5) is 13.2 Å². The molecule has 1 heterocycles. The summed E-state index contributed by atoms with van der Waals surface area (Å²) in [6.07, 6.45) is -1.26. The smallest absolute Gasteiger partial charge is 0.342 e. The third kappa shape index (κ3) is 3.95. The van der Waals surface area contributed by atoms with Crippen molar-refractivity contribution in [2.24, 2.45) is 11.7 Å². The van der Waals surface area contributed by atoms with Gasteiger partial charge in [-0.25, -0.2) is 0 Å². The quantitative estimate of drug-likeness (QED) is 0.873. The third-order valence-electron chi connectivity index (χ3n) is 5.39. The van der Waals surface area contributed by atoms with Gasteiger partial charge < -0.3 is 10.6 Å². The van der Waals surface area contributed by atoms with E-state index in [0.29, 0.717) is 31.5 Å². The lowest BCUT2D eigenvalue weighted by atomic mass is 9.88. The molecule has 1 saturated heterocycles. The number of benzene rings is 1. The van der Waals surface area contributed by atoms with Crippen molar-refractivity contribution in [3.63, 3.8) is 0 Å². The molecule has 2 unspecified atom stereocenters. The molecule has 140 valence electrons. The number of alkyl halides is 3. The van der Waals surface area contributed by atoms with Crippen LogP contribution >= 0.6 is 12.4 Å². The molecule has 2 atom stereocenters. The predicted molar refractivity (Wildman–Crippen MR) is 92.6 cm³/mol. The van der Waals surface area contributed by atoms with Gasteiger partial charge in [-0.1, -0.05) is 18.2 Å². The molecule has 2 N–H and O–H groups in total. The number of amides is 1. The van der Waals surface area contributed by atoms with E-state index in [2.05, 4.69) is 0 Å². The number of hydrogen-bond donors (Lipinski definition) is 1. The second-order valence-electron chi connectivity index (χ2n) is 7.17. The molecule has 3 nitrogen and oxygen atoms in total. The van der Waals surface area contributed by atoms with Gasteiger partial charge in [-0.2, -0.15) is 13.2 Å². The fraction of sp³-hybridized carbons (Fsp3) is 0.611. The van der Waals surface area contributed by atoms with Crippen LogP contribution < -0.4 is 5.73 Å². The van der Waals surface area contributed by atoms with Gasteiger partial charge in [-0.15, -0.1) is 12.4 Å². The van der Waals surface area contributed by atoms with Crippen molar-refractivity contribution in [2.45, 2.75) is 50.2 Å². The second kappa shape index (κ2) is 7.16. The molecule has 2 fully saturated rings. The lowest BCUT2D eigenvalue weighted by Gasteiger charge is -2.37. The largest absolute Gasteiger partial charge is 0.416 e. The van der Waals surface area contributed by atoms with Crippen LogP contribution in [-0.2, 0) is 16.4 Å². The van der Waals surface area contributed by atoms with Crippen molar-refractivity contribution in [2.75, 3.05) is 13.1 Å². The molecule has 1 amide bonds. The molecule has 25 heavy (non-hydrogen) atoms. The summed E-state index contributed by atoms with van der Waals surface area (Å²) < 4.78 is 38.9.